The van der Waals surface area contributed by atoms with Crippen molar-refractivity contribution in [2.45, 2.75) is 31.7 Å². The molecule has 2 bridgehead atoms. The largest absolute Gasteiger partial charge is 0.772 e. The van der Waals surface area contributed by atoms with Crippen LogP contribution in [-0.4, -0.2) is 38.5 Å². The molecule has 0 aromatic carbocycles. The van der Waals surface area contributed by atoms with Crippen LogP contribution in [0.15, 0.2) is 0 Å². The zero-order chi connectivity index (χ0) is 9.26. The number of fused-ring (bicyclic) bond motifs is 3. The smallest absolute Gasteiger partial charge is 0.0230 e. The number of nitrogens with zero attached hydrogens (tertiary/aromatic N) is 1. The standard InChI is InChI=1S/C9H17NO2S/c11-13(12)6-5-10-7-8-1-3-9(10)4-2-8/h8-9H,1-7H2,(H,11,12)/p-1. The predicted octanol–water partition coefficient (Wildman–Crippen LogP) is 0.740. The van der Waals surface area contributed by atoms with Crippen LogP contribution in [-0.2, 0) is 11.1 Å². The zero-order valence-electron chi connectivity index (χ0n) is 7.78. The minimum atomic E-state index is -1.86. The molecule has 0 radical (unpaired) electrons. The summed E-state index contributed by atoms with van der Waals surface area (Å²) in [6, 6.07) is 0.688. The number of hydrogen-bond acceptors (Lipinski definition) is 3. The van der Waals surface area contributed by atoms with Gasteiger partial charge in [-0.05, 0) is 31.6 Å². The van der Waals surface area contributed by atoms with Gasteiger partial charge in [-0.25, -0.2) is 0 Å². The molecule has 2 aliphatic heterocycles. The molecule has 0 N–H and O–H groups in total. The minimum absolute atomic E-state index is 0.309. The van der Waals surface area contributed by atoms with Gasteiger partial charge in [0.15, 0.2) is 0 Å². The third kappa shape index (κ3) is 2.30. The van der Waals surface area contributed by atoms with Gasteiger partial charge in [0.25, 0.3) is 0 Å². The van der Waals surface area contributed by atoms with Gasteiger partial charge in [0.2, 0.25) is 0 Å². The van der Waals surface area contributed by atoms with E-state index in [2.05, 4.69) is 4.90 Å². The molecule has 3 nitrogen and oxygen atoms in total. The molecule has 76 valence electrons. The molecule has 2 saturated heterocycles. The van der Waals surface area contributed by atoms with E-state index in [4.69, 9.17) is 0 Å². The molecule has 2 heterocycles. The van der Waals surface area contributed by atoms with Crippen LogP contribution >= 0.6 is 0 Å². The van der Waals surface area contributed by atoms with E-state index in [1.54, 1.807) is 0 Å². The normalized spacial score (nSPS) is 36.4. The first-order valence-corrected chi connectivity index (χ1v) is 6.30. The lowest BCUT2D eigenvalue weighted by Crippen LogP contribution is -2.49. The zero-order valence-corrected chi connectivity index (χ0v) is 8.59. The van der Waals surface area contributed by atoms with E-state index in [1.807, 2.05) is 0 Å². The highest BCUT2D eigenvalue weighted by molar-refractivity contribution is 7.79. The molecule has 1 unspecified atom stereocenters. The molecular weight excluding hydrogens is 186 g/mol. The number of rotatable bonds is 3. The van der Waals surface area contributed by atoms with Crippen molar-refractivity contribution in [2.24, 2.45) is 5.92 Å². The summed E-state index contributed by atoms with van der Waals surface area (Å²) in [5.74, 6) is 1.16. The van der Waals surface area contributed by atoms with Gasteiger partial charge in [-0.15, -0.1) is 0 Å². The first kappa shape index (κ1) is 9.62. The van der Waals surface area contributed by atoms with Gasteiger partial charge in [0.05, 0.1) is 0 Å². The van der Waals surface area contributed by atoms with Gasteiger partial charge in [-0.2, -0.15) is 0 Å². The van der Waals surface area contributed by atoms with Crippen LogP contribution in [0.4, 0.5) is 0 Å². The minimum Gasteiger partial charge on any atom is -0.772 e. The lowest BCUT2D eigenvalue weighted by molar-refractivity contribution is 0.0544. The lowest BCUT2D eigenvalue weighted by Gasteiger charge is -2.45. The molecule has 3 rings (SSSR count). The van der Waals surface area contributed by atoms with Gasteiger partial charge >= 0.3 is 0 Å². The third-order valence-corrected chi connectivity index (χ3v) is 3.89. The molecule has 0 aromatic heterocycles. The van der Waals surface area contributed by atoms with Gasteiger partial charge in [-0.1, -0.05) is 11.1 Å². The van der Waals surface area contributed by atoms with E-state index in [9.17, 15) is 8.76 Å². The number of hydrogen-bond donors (Lipinski definition) is 0. The topological polar surface area (TPSA) is 43.4 Å². The maximum atomic E-state index is 10.4. The Bertz CT molecular complexity index is 202. The summed E-state index contributed by atoms with van der Waals surface area (Å²) >= 11 is -1.86. The Kier molecular flexibility index (Phi) is 3.01. The second-order valence-electron chi connectivity index (χ2n) is 4.18. The SMILES string of the molecule is O=S([O-])CCN1CC2CCC1CC2. The first-order chi connectivity index (χ1) is 6.25. The molecule has 0 spiro atoms. The second kappa shape index (κ2) is 4.07. The summed E-state index contributed by atoms with van der Waals surface area (Å²) < 4.78 is 20.8. The number of piperidine rings is 2. The van der Waals surface area contributed by atoms with Crippen LogP contribution < -0.4 is 0 Å². The van der Waals surface area contributed by atoms with Crippen LogP contribution in [0.3, 0.4) is 0 Å². The van der Waals surface area contributed by atoms with Crippen molar-refractivity contribution >= 4 is 11.1 Å². The summed E-state index contributed by atoms with van der Waals surface area (Å²) in [5.41, 5.74) is 0. The van der Waals surface area contributed by atoms with E-state index in [-0.39, 0.29) is 0 Å². The van der Waals surface area contributed by atoms with Gasteiger partial charge in [0, 0.05) is 24.9 Å². The quantitative estimate of drug-likeness (QED) is 0.634. The van der Waals surface area contributed by atoms with Gasteiger partial charge < -0.3 is 4.55 Å². The molecule has 13 heavy (non-hydrogen) atoms. The summed E-state index contributed by atoms with van der Waals surface area (Å²) in [6.07, 6.45) is 5.30. The fourth-order valence-electron chi connectivity index (χ4n) is 2.64. The molecule has 3 aliphatic rings. The van der Waals surface area contributed by atoms with Crippen molar-refractivity contribution < 1.29 is 8.76 Å². The van der Waals surface area contributed by atoms with Crippen molar-refractivity contribution in [1.29, 1.82) is 0 Å². The summed E-state index contributed by atoms with van der Waals surface area (Å²) in [6.45, 7) is 1.89. The van der Waals surface area contributed by atoms with Crippen molar-refractivity contribution in [1.82, 2.24) is 4.90 Å². The summed E-state index contributed by atoms with van der Waals surface area (Å²) in [7, 11) is 0. The lowest BCUT2D eigenvalue weighted by atomic mass is 9.80. The third-order valence-electron chi connectivity index (χ3n) is 3.37. The van der Waals surface area contributed by atoms with E-state index >= 15 is 0 Å². The Balaban J connectivity index is 1.83. The molecule has 1 aliphatic carbocycles. The van der Waals surface area contributed by atoms with Gasteiger partial charge in [0.1, 0.15) is 0 Å². The predicted molar refractivity (Wildman–Crippen MR) is 51.1 cm³/mol. The van der Waals surface area contributed by atoms with Crippen LogP contribution in [0.25, 0.3) is 0 Å². The van der Waals surface area contributed by atoms with E-state index in [0.717, 1.165) is 19.0 Å². The molecule has 3 fully saturated rings. The van der Waals surface area contributed by atoms with Crippen LogP contribution in [0.1, 0.15) is 25.7 Å². The average molecular weight is 202 g/mol. The van der Waals surface area contributed by atoms with Crippen LogP contribution in [0, 0.1) is 5.92 Å². The maximum Gasteiger partial charge on any atom is 0.0230 e. The Hall–Kier alpha value is 0.0700. The maximum absolute atomic E-state index is 10.4. The highest BCUT2D eigenvalue weighted by Crippen LogP contribution is 2.34. The highest BCUT2D eigenvalue weighted by Gasteiger charge is 2.32. The van der Waals surface area contributed by atoms with E-state index in [0.29, 0.717) is 11.8 Å². The van der Waals surface area contributed by atoms with Crippen molar-refractivity contribution in [3.05, 3.63) is 0 Å². The molecule has 1 atom stereocenters. The molecule has 0 aromatic rings. The second-order valence-corrected chi connectivity index (χ2v) is 5.19. The Morgan fingerprint density at radius 1 is 1.31 bits per heavy atom. The fourth-order valence-corrected chi connectivity index (χ4v) is 3.02. The highest BCUT2D eigenvalue weighted by atomic mass is 32.2. The monoisotopic (exact) mass is 202 g/mol. The average Bonchev–Trinajstić information content (AvgIpc) is 2.17. The van der Waals surface area contributed by atoms with E-state index in [1.165, 1.54) is 25.7 Å². The van der Waals surface area contributed by atoms with E-state index < -0.39 is 11.1 Å². The Labute approximate surface area is 81.8 Å². The van der Waals surface area contributed by atoms with Crippen molar-refractivity contribution in [3.8, 4) is 0 Å². The summed E-state index contributed by atoms with van der Waals surface area (Å²) in [4.78, 5) is 2.37. The molecule has 4 heteroatoms. The molecular formula is C9H16NO2S-. The Morgan fingerprint density at radius 3 is 2.46 bits per heavy atom. The van der Waals surface area contributed by atoms with Gasteiger partial charge in [-0.3, -0.25) is 9.11 Å². The van der Waals surface area contributed by atoms with Crippen LogP contribution in [0.2, 0.25) is 0 Å². The fraction of sp³-hybridized carbons (Fsp3) is 1.00. The summed E-state index contributed by atoms with van der Waals surface area (Å²) in [5, 5.41) is 0. The molecule has 1 saturated carbocycles. The van der Waals surface area contributed by atoms with Crippen LogP contribution in [0.5, 0.6) is 0 Å². The van der Waals surface area contributed by atoms with Crippen molar-refractivity contribution in [3.63, 3.8) is 0 Å². The molecule has 0 amide bonds. The Morgan fingerprint density at radius 2 is 2.00 bits per heavy atom. The first-order valence-electron chi connectivity index (χ1n) is 5.05. The van der Waals surface area contributed by atoms with Crippen molar-refractivity contribution in [2.75, 3.05) is 18.8 Å².